The molecule has 5 heteroatoms. The quantitative estimate of drug-likeness (QED) is 0.421. The molecule has 0 atom stereocenters. The van der Waals surface area contributed by atoms with E-state index >= 15 is 0 Å². The van der Waals surface area contributed by atoms with E-state index in [1.807, 2.05) is 20.1 Å². The van der Waals surface area contributed by atoms with Crippen molar-refractivity contribution in [3.8, 4) is 0 Å². The minimum atomic E-state index is 0.0996. The summed E-state index contributed by atoms with van der Waals surface area (Å²) in [7, 11) is 0. The number of rotatable bonds is 8. The lowest BCUT2D eigenvalue weighted by Gasteiger charge is -2.19. The zero-order valence-corrected chi connectivity index (χ0v) is 13.9. The van der Waals surface area contributed by atoms with Crippen LogP contribution in [0.25, 0.3) is 0 Å². The largest absolute Gasteiger partial charge is 0.335 e. The maximum absolute atomic E-state index is 12.2. The van der Waals surface area contributed by atoms with Crippen LogP contribution in [0.1, 0.15) is 23.4 Å². The Morgan fingerprint density at radius 3 is 2.14 bits per heavy atom. The second kappa shape index (κ2) is 8.62. The molecule has 0 aromatic carbocycles. The first-order valence-electron chi connectivity index (χ1n) is 6.91. The maximum Gasteiger partial charge on any atom is 0.223 e. The molecule has 1 aromatic rings. The number of hydrogen-bond donors (Lipinski definition) is 0. The van der Waals surface area contributed by atoms with Crippen molar-refractivity contribution in [3.63, 3.8) is 0 Å². The molecule has 0 aliphatic heterocycles. The fraction of sp³-hybridized carbons (Fsp3) is 0.438. The summed E-state index contributed by atoms with van der Waals surface area (Å²) in [6.45, 7) is 12.4. The summed E-state index contributed by atoms with van der Waals surface area (Å²) in [4.78, 5) is 22.9. The van der Waals surface area contributed by atoms with Crippen molar-refractivity contribution in [2.75, 3.05) is 19.3 Å². The number of carbonyl (C=O) groups is 1. The molecule has 1 aromatic heterocycles. The first-order chi connectivity index (χ1) is 10.0. The van der Waals surface area contributed by atoms with E-state index in [-0.39, 0.29) is 5.91 Å². The summed E-state index contributed by atoms with van der Waals surface area (Å²) in [6.07, 6.45) is 6.53. The molecule has 0 bridgehead atoms. The molecule has 0 unspecified atom stereocenters. The number of aromatic nitrogens is 2. The lowest BCUT2D eigenvalue weighted by molar-refractivity contribution is -0.130. The van der Waals surface area contributed by atoms with Gasteiger partial charge in [0, 0.05) is 30.9 Å². The molecule has 0 N–H and O–H groups in total. The van der Waals surface area contributed by atoms with Crippen LogP contribution in [0.3, 0.4) is 0 Å². The van der Waals surface area contributed by atoms with Gasteiger partial charge in [-0.25, -0.2) is 9.97 Å². The molecule has 0 saturated carbocycles. The molecule has 0 spiro atoms. The third-order valence-corrected chi connectivity index (χ3v) is 3.77. The van der Waals surface area contributed by atoms with Crippen LogP contribution in [-0.4, -0.2) is 40.1 Å². The molecule has 0 aliphatic rings. The summed E-state index contributed by atoms with van der Waals surface area (Å²) < 4.78 is 0. The summed E-state index contributed by atoms with van der Waals surface area (Å²) in [5.41, 5.74) is 2.98. The maximum atomic E-state index is 12.2. The lowest BCUT2D eigenvalue weighted by Crippen LogP contribution is -2.31. The number of hydrogen-bond acceptors (Lipinski definition) is 4. The van der Waals surface area contributed by atoms with Crippen LogP contribution >= 0.6 is 11.8 Å². The molecule has 114 valence electrons. The molecule has 0 radical (unpaired) electrons. The van der Waals surface area contributed by atoms with Crippen molar-refractivity contribution in [3.05, 3.63) is 42.3 Å². The smallest absolute Gasteiger partial charge is 0.223 e. The normalized spacial score (nSPS) is 10.2. The van der Waals surface area contributed by atoms with E-state index in [1.165, 1.54) is 11.8 Å². The number of nitrogens with zero attached hydrogens (tertiary/aromatic N) is 3. The Bertz CT molecular complexity index is 495. The molecule has 21 heavy (non-hydrogen) atoms. The van der Waals surface area contributed by atoms with Crippen molar-refractivity contribution in [2.24, 2.45) is 0 Å². The Hall–Kier alpha value is -1.62. The Kier molecular flexibility index (Phi) is 7.15. The number of thioether (sulfide) groups is 1. The van der Waals surface area contributed by atoms with Gasteiger partial charge in [0.15, 0.2) is 5.16 Å². The van der Waals surface area contributed by atoms with Crippen molar-refractivity contribution in [1.82, 2.24) is 14.9 Å². The predicted octanol–water partition coefficient (Wildman–Crippen LogP) is 2.95. The molecule has 4 nitrogen and oxygen atoms in total. The van der Waals surface area contributed by atoms with E-state index in [4.69, 9.17) is 0 Å². The monoisotopic (exact) mass is 305 g/mol. The van der Waals surface area contributed by atoms with Crippen molar-refractivity contribution in [1.29, 1.82) is 0 Å². The van der Waals surface area contributed by atoms with E-state index in [2.05, 4.69) is 23.1 Å². The van der Waals surface area contributed by atoms with E-state index in [1.54, 1.807) is 17.1 Å². The summed E-state index contributed by atoms with van der Waals surface area (Å²) in [5, 5.41) is 0.778. The van der Waals surface area contributed by atoms with Gasteiger partial charge in [-0.3, -0.25) is 4.79 Å². The highest BCUT2D eigenvalue weighted by molar-refractivity contribution is 7.98. The first-order valence-corrected chi connectivity index (χ1v) is 8.13. The van der Waals surface area contributed by atoms with Crippen LogP contribution in [0.15, 0.2) is 30.5 Å². The van der Waals surface area contributed by atoms with Gasteiger partial charge in [-0.2, -0.15) is 0 Å². The highest BCUT2D eigenvalue weighted by Gasteiger charge is 2.14. The Morgan fingerprint density at radius 1 is 1.19 bits per heavy atom. The van der Waals surface area contributed by atoms with Crippen LogP contribution in [0.5, 0.6) is 0 Å². The van der Waals surface area contributed by atoms with Crippen LogP contribution in [0.2, 0.25) is 0 Å². The molecule has 1 rings (SSSR count). The van der Waals surface area contributed by atoms with Crippen molar-refractivity contribution < 1.29 is 4.79 Å². The van der Waals surface area contributed by atoms with Gasteiger partial charge in [0.2, 0.25) is 5.91 Å². The van der Waals surface area contributed by atoms with Crippen LogP contribution < -0.4 is 0 Å². The minimum Gasteiger partial charge on any atom is -0.335 e. The molecule has 1 heterocycles. The van der Waals surface area contributed by atoms with Gasteiger partial charge in [0.25, 0.3) is 0 Å². The Morgan fingerprint density at radius 2 is 1.71 bits per heavy atom. The molecule has 0 aliphatic carbocycles. The van der Waals surface area contributed by atoms with E-state index < -0.39 is 0 Å². The Labute approximate surface area is 131 Å². The zero-order chi connectivity index (χ0) is 15.8. The minimum absolute atomic E-state index is 0.0996. The van der Waals surface area contributed by atoms with E-state index in [0.29, 0.717) is 25.9 Å². The first kappa shape index (κ1) is 17.4. The summed E-state index contributed by atoms with van der Waals surface area (Å²) in [6, 6.07) is 0. The lowest BCUT2D eigenvalue weighted by atomic mass is 10.1. The van der Waals surface area contributed by atoms with Gasteiger partial charge < -0.3 is 4.90 Å². The fourth-order valence-electron chi connectivity index (χ4n) is 2.14. The summed E-state index contributed by atoms with van der Waals surface area (Å²) >= 11 is 1.53. The van der Waals surface area contributed by atoms with Gasteiger partial charge in [0.05, 0.1) is 0 Å². The topological polar surface area (TPSA) is 46.1 Å². The second-order valence-electron chi connectivity index (χ2n) is 4.74. The molecule has 1 amide bonds. The number of amides is 1. The average molecular weight is 305 g/mol. The second-order valence-corrected chi connectivity index (χ2v) is 5.51. The third kappa shape index (κ3) is 5.01. The highest BCUT2D eigenvalue weighted by atomic mass is 32.2. The van der Waals surface area contributed by atoms with E-state index in [9.17, 15) is 4.79 Å². The van der Waals surface area contributed by atoms with Gasteiger partial charge in [-0.1, -0.05) is 23.9 Å². The highest BCUT2D eigenvalue weighted by Crippen LogP contribution is 2.17. The number of carbonyl (C=O) groups excluding carboxylic acids is 1. The Balaban J connectivity index is 2.76. The number of aryl methyl sites for hydroxylation is 2. The standard InChI is InChI=1S/C16H23N3OS/c1-6-10-19(11-7-2)15(20)9-8-14-12(3)17-16(21-5)18-13(14)4/h6-7H,1-2,8-11H2,3-5H3. The van der Waals surface area contributed by atoms with Crippen LogP contribution in [0.4, 0.5) is 0 Å². The van der Waals surface area contributed by atoms with Gasteiger partial charge in [-0.05, 0) is 32.1 Å². The molecule has 0 saturated heterocycles. The van der Waals surface area contributed by atoms with Crippen molar-refractivity contribution >= 4 is 17.7 Å². The third-order valence-electron chi connectivity index (χ3n) is 3.22. The van der Waals surface area contributed by atoms with Crippen LogP contribution in [-0.2, 0) is 11.2 Å². The summed E-state index contributed by atoms with van der Waals surface area (Å²) in [5.74, 6) is 0.0996. The van der Waals surface area contributed by atoms with Gasteiger partial charge >= 0.3 is 0 Å². The van der Waals surface area contributed by atoms with Crippen LogP contribution in [0, 0.1) is 13.8 Å². The molecular weight excluding hydrogens is 282 g/mol. The average Bonchev–Trinajstić information content (AvgIpc) is 2.45. The van der Waals surface area contributed by atoms with Gasteiger partial charge in [0.1, 0.15) is 0 Å². The predicted molar refractivity (Wildman–Crippen MR) is 88.6 cm³/mol. The molecule has 0 fully saturated rings. The zero-order valence-electron chi connectivity index (χ0n) is 13.1. The van der Waals surface area contributed by atoms with Crippen molar-refractivity contribution in [2.45, 2.75) is 31.8 Å². The molecular formula is C16H23N3OS. The fourth-order valence-corrected chi connectivity index (χ4v) is 2.60. The SMILES string of the molecule is C=CCN(CC=C)C(=O)CCc1c(C)nc(SC)nc1C. The van der Waals surface area contributed by atoms with E-state index in [0.717, 1.165) is 22.1 Å². The van der Waals surface area contributed by atoms with Gasteiger partial charge in [-0.15, -0.1) is 13.2 Å².